The Morgan fingerprint density at radius 3 is 1.38 bits per heavy atom. The predicted octanol–water partition coefficient (Wildman–Crippen LogP) is 0.0148. The standard InChI is InChI=1S/C13H28O9S2/c1-4-5-18-10-13(11-19-6-8-21-23(2,14)15)12-20-7-9-22-24(3,16)17/h13H,4-12H2,1-3H3. The van der Waals surface area contributed by atoms with Crippen molar-refractivity contribution >= 4 is 20.2 Å². The van der Waals surface area contributed by atoms with Gasteiger partial charge >= 0.3 is 0 Å². The van der Waals surface area contributed by atoms with Gasteiger partial charge in [0.25, 0.3) is 20.2 Å². The first-order valence-electron chi connectivity index (χ1n) is 7.56. The summed E-state index contributed by atoms with van der Waals surface area (Å²) in [6.45, 7) is 3.82. The number of hydrogen-bond acceptors (Lipinski definition) is 9. The van der Waals surface area contributed by atoms with Crippen LogP contribution >= 0.6 is 0 Å². The summed E-state index contributed by atoms with van der Waals surface area (Å²) >= 11 is 0. The van der Waals surface area contributed by atoms with Gasteiger partial charge in [-0.15, -0.1) is 0 Å². The summed E-state index contributed by atoms with van der Waals surface area (Å²) in [6, 6.07) is 0. The Kier molecular flexibility index (Phi) is 12.8. The van der Waals surface area contributed by atoms with Crippen molar-refractivity contribution in [3.63, 3.8) is 0 Å². The third-order valence-corrected chi connectivity index (χ3v) is 3.65. The highest BCUT2D eigenvalue weighted by molar-refractivity contribution is 7.86. The van der Waals surface area contributed by atoms with Gasteiger partial charge in [0, 0.05) is 12.5 Å². The molecular weight excluding hydrogens is 364 g/mol. The molecule has 11 heteroatoms. The summed E-state index contributed by atoms with van der Waals surface area (Å²) in [5.41, 5.74) is 0. The lowest BCUT2D eigenvalue weighted by Gasteiger charge is -2.17. The number of hydrogen-bond donors (Lipinski definition) is 0. The Bertz CT molecular complexity index is 460. The fourth-order valence-corrected chi connectivity index (χ4v) is 2.27. The molecule has 24 heavy (non-hydrogen) atoms. The molecule has 146 valence electrons. The summed E-state index contributed by atoms with van der Waals surface area (Å²) in [5, 5.41) is 0. The van der Waals surface area contributed by atoms with E-state index in [1.54, 1.807) is 0 Å². The molecule has 0 rings (SSSR count). The highest BCUT2D eigenvalue weighted by Gasteiger charge is 2.11. The molecule has 0 spiro atoms. The van der Waals surface area contributed by atoms with Crippen molar-refractivity contribution in [2.24, 2.45) is 5.92 Å². The molecule has 0 saturated carbocycles. The monoisotopic (exact) mass is 392 g/mol. The van der Waals surface area contributed by atoms with E-state index in [2.05, 4.69) is 8.37 Å². The average molecular weight is 392 g/mol. The minimum absolute atomic E-state index is 0.0512. The van der Waals surface area contributed by atoms with Crippen LogP contribution in [0.2, 0.25) is 0 Å². The summed E-state index contributed by atoms with van der Waals surface area (Å²) < 4.78 is 68.5. The molecule has 0 heterocycles. The van der Waals surface area contributed by atoms with E-state index in [0.717, 1.165) is 18.9 Å². The molecule has 0 bridgehead atoms. The summed E-state index contributed by atoms with van der Waals surface area (Å²) in [5.74, 6) is -0.0620. The first-order valence-corrected chi connectivity index (χ1v) is 11.2. The Labute approximate surface area is 144 Å². The quantitative estimate of drug-likeness (QED) is 0.265. The molecule has 0 saturated heterocycles. The Hall–Kier alpha value is -0.300. The molecule has 0 aliphatic rings. The molecule has 0 unspecified atom stereocenters. The third-order valence-electron chi connectivity index (χ3n) is 2.46. The van der Waals surface area contributed by atoms with E-state index in [1.807, 2.05) is 6.92 Å². The van der Waals surface area contributed by atoms with Gasteiger partial charge in [-0.25, -0.2) is 0 Å². The topological polar surface area (TPSA) is 114 Å². The fourth-order valence-electron chi connectivity index (χ4n) is 1.53. The Morgan fingerprint density at radius 2 is 1.04 bits per heavy atom. The van der Waals surface area contributed by atoms with E-state index >= 15 is 0 Å². The first kappa shape index (κ1) is 23.7. The minimum atomic E-state index is -3.47. The van der Waals surface area contributed by atoms with Gasteiger partial charge in [0.1, 0.15) is 0 Å². The van der Waals surface area contributed by atoms with E-state index in [1.165, 1.54) is 0 Å². The van der Waals surface area contributed by atoms with Gasteiger partial charge in [0.15, 0.2) is 0 Å². The maximum Gasteiger partial charge on any atom is 0.264 e. The fraction of sp³-hybridized carbons (Fsp3) is 1.00. The normalized spacial score (nSPS) is 12.8. The highest BCUT2D eigenvalue weighted by atomic mass is 32.2. The molecule has 0 atom stereocenters. The van der Waals surface area contributed by atoms with E-state index in [0.29, 0.717) is 26.4 Å². The highest BCUT2D eigenvalue weighted by Crippen LogP contribution is 2.02. The predicted molar refractivity (Wildman–Crippen MR) is 87.8 cm³/mol. The summed E-state index contributed by atoms with van der Waals surface area (Å²) in [4.78, 5) is 0. The second-order valence-electron chi connectivity index (χ2n) is 5.14. The molecule has 0 radical (unpaired) electrons. The lowest BCUT2D eigenvalue weighted by Crippen LogP contribution is -2.24. The van der Waals surface area contributed by atoms with Crippen molar-refractivity contribution in [3.8, 4) is 0 Å². The van der Waals surface area contributed by atoms with E-state index in [4.69, 9.17) is 14.2 Å². The van der Waals surface area contributed by atoms with Crippen LogP contribution in [-0.4, -0.2) is 82.2 Å². The molecule has 0 amide bonds. The van der Waals surface area contributed by atoms with E-state index in [-0.39, 0.29) is 32.3 Å². The van der Waals surface area contributed by atoms with Gasteiger partial charge in [-0.1, -0.05) is 6.92 Å². The summed E-state index contributed by atoms with van der Waals surface area (Å²) in [7, 11) is -6.93. The van der Waals surface area contributed by atoms with Crippen LogP contribution < -0.4 is 0 Å². The molecule has 0 aliphatic heterocycles. The summed E-state index contributed by atoms with van der Waals surface area (Å²) in [6.07, 6.45) is 2.83. The van der Waals surface area contributed by atoms with Crippen molar-refractivity contribution in [2.75, 3.05) is 65.4 Å². The van der Waals surface area contributed by atoms with Gasteiger partial charge in [-0.3, -0.25) is 8.37 Å². The lowest BCUT2D eigenvalue weighted by molar-refractivity contribution is -0.0143. The smallest absolute Gasteiger partial charge is 0.264 e. The zero-order valence-electron chi connectivity index (χ0n) is 14.4. The number of rotatable bonds is 16. The van der Waals surface area contributed by atoms with Crippen LogP contribution in [0.1, 0.15) is 13.3 Å². The molecule has 0 fully saturated rings. The van der Waals surface area contributed by atoms with Crippen LogP contribution in [0.4, 0.5) is 0 Å². The number of ether oxygens (including phenoxy) is 3. The lowest BCUT2D eigenvalue weighted by atomic mass is 10.2. The Morgan fingerprint density at radius 1 is 0.667 bits per heavy atom. The van der Waals surface area contributed by atoms with Crippen LogP contribution in [0.25, 0.3) is 0 Å². The van der Waals surface area contributed by atoms with Crippen LogP contribution in [0.5, 0.6) is 0 Å². The maximum absolute atomic E-state index is 10.8. The maximum atomic E-state index is 10.8. The SMILES string of the molecule is CCCOCC(COCCOS(C)(=O)=O)COCCOS(C)(=O)=O. The molecule has 0 aromatic carbocycles. The van der Waals surface area contributed by atoms with Gasteiger partial charge < -0.3 is 14.2 Å². The first-order chi connectivity index (χ1) is 11.1. The largest absolute Gasteiger partial charge is 0.381 e. The molecule has 0 aliphatic carbocycles. The van der Waals surface area contributed by atoms with Crippen LogP contribution in [0.15, 0.2) is 0 Å². The molecule has 0 aromatic heterocycles. The van der Waals surface area contributed by atoms with Crippen molar-refractivity contribution < 1.29 is 39.4 Å². The second kappa shape index (κ2) is 13.0. The molecule has 0 N–H and O–H groups in total. The van der Waals surface area contributed by atoms with Gasteiger partial charge in [0.05, 0.1) is 58.8 Å². The van der Waals surface area contributed by atoms with E-state index in [9.17, 15) is 16.8 Å². The van der Waals surface area contributed by atoms with Crippen molar-refractivity contribution in [1.29, 1.82) is 0 Å². The van der Waals surface area contributed by atoms with Crippen molar-refractivity contribution in [2.45, 2.75) is 13.3 Å². The van der Waals surface area contributed by atoms with Crippen molar-refractivity contribution in [1.82, 2.24) is 0 Å². The van der Waals surface area contributed by atoms with E-state index < -0.39 is 20.2 Å². The van der Waals surface area contributed by atoms with Gasteiger partial charge in [-0.05, 0) is 6.42 Å². The third kappa shape index (κ3) is 18.0. The second-order valence-corrected chi connectivity index (χ2v) is 8.43. The van der Waals surface area contributed by atoms with Crippen LogP contribution in [0, 0.1) is 5.92 Å². The van der Waals surface area contributed by atoms with Crippen molar-refractivity contribution in [3.05, 3.63) is 0 Å². The Balaban J connectivity index is 3.95. The zero-order chi connectivity index (χ0) is 18.5. The van der Waals surface area contributed by atoms with Crippen LogP contribution in [-0.2, 0) is 42.8 Å². The molecule has 0 aromatic rings. The molecular formula is C13H28O9S2. The zero-order valence-corrected chi connectivity index (χ0v) is 16.1. The van der Waals surface area contributed by atoms with Crippen LogP contribution in [0.3, 0.4) is 0 Å². The minimum Gasteiger partial charge on any atom is -0.381 e. The van der Waals surface area contributed by atoms with Gasteiger partial charge in [0.2, 0.25) is 0 Å². The average Bonchev–Trinajstić information content (AvgIpc) is 2.43. The van der Waals surface area contributed by atoms with Gasteiger partial charge in [-0.2, -0.15) is 16.8 Å². The molecule has 9 nitrogen and oxygen atoms in total.